The van der Waals surface area contributed by atoms with Crippen LogP contribution in [0.4, 0.5) is 5.69 Å². The maximum atomic E-state index is 12.3. The van der Waals surface area contributed by atoms with Gasteiger partial charge in [0.05, 0.1) is 16.4 Å². The highest BCUT2D eigenvalue weighted by Crippen LogP contribution is 2.25. The fraction of sp³-hybridized carbons (Fsp3) is 0.538. The Kier molecular flexibility index (Phi) is 3.71. The van der Waals surface area contributed by atoms with E-state index in [9.17, 15) is 16.8 Å². The zero-order valence-corrected chi connectivity index (χ0v) is 13.1. The molecule has 0 aromatic heterocycles. The van der Waals surface area contributed by atoms with E-state index in [-0.39, 0.29) is 28.9 Å². The number of sulfone groups is 1. The number of nitrogens with one attached hydrogen (secondary N) is 2. The summed E-state index contributed by atoms with van der Waals surface area (Å²) >= 11 is 0. The van der Waals surface area contributed by atoms with Gasteiger partial charge in [0.2, 0.25) is 10.0 Å². The van der Waals surface area contributed by atoms with E-state index in [0.29, 0.717) is 6.42 Å². The van der Waals surface area contributed by atoms with Crippen LogP contribution in [0.3, 0.4) is 0 Å². The van der Waals surface area contributed by atoms with Gasteiger partial charge in [-0.05, 0) is 42.5 Å². The predicted octanol–water partition coefficient (Wildman–Crippen LogP) is 0.368. The summed E-state index contributed by atoms with van der Waals surface area (Å²) in [5.41, 5.74) is 1.98. The molecule has 1 aromatic carbocycles. The molecule has 1 atom stereocenters. The zero-order chi connectivity index (χ0) is 15.1. The second-order valence-corrected chi connectivity index (χ2v) is 9.61. The largest absolute Gasteiger partial charge is 0.384 e. The van der Waals surface area contributed by atoms with Crippen molar-refractivity contribution < 1.29 is 16.8 Å². The lowest BCUT2D eigenvalue weighted by atomic mass is 10.1. The van der Waals surface area contributed by atoms with Crippen LogP contribution in [0.2, 0.25) is 0 Å². The summed E-state index contributed by atoms with van der Waals surface area (Å²) in [6.07, 6.45) is 1.35. The van der Waals surface area contributed by atoms with Gasteiger partial charge in [-0.3, -0.25) is 0 Å². The van der Waals surface area contributed by atoms with Gasteiger partial charge in [-0.25, -0.2) is 21.6 Å². The third kappa shape index (κ3) is 3.22. The molecule has 0 radical (unpaired) electrons. The Morgan fingerprint density at radius 1 is 1.33 bits per heavy atom. The van der Waals surface area contributed by atoms with E-state index in [0.717, 1.165) is 24.2 Å². The molecule has 1 fully saturated rings. The molecular formula is C13H18N2O4S2. The van der Waals surface area contributed by atoms with E-state index in [4.69, 9.17) is 0 Å². The number of anilines is 1. The van der Waals surface area contributed by atoms with Gasteiger partial charge in [0.25, 0.3) is 0 Å². The summed E-state index contributed by atoms with van der Waals surface area (Å²) in [7, 11) is -6.56. The second kappa shape index (κ2) is 5.26. The van der Waals surface area contributed by atoms with E-state index in [1.165, 1.54) is 0 Å². The zero-order valence-electron chi connectivity index (χ0n) is 11.5. The summed E-state index contributed by atoms with van der Waals surface area (Å²) < 4.78 is 49.8. The number of hydrogen-bond acceptors (Lipinski definition) is 5. The SMILES string of the molecule is O=S1(=O)CCC(CNS(=O)(=O)c2ccc3c(c2)CCN3)C1. The summed E-state index contributed by atoms with van der Waals surface area (Å²) in [6, 6.07) is 5.03. The van der Waals surface area contributed by atoms with Crippen LogP contribution >= 0.6 is 0 Å². The first-order chi connectivity index (χ1) is 9.86. The predicted molar refractivity (Wildman–Crippen MR) is 80.6 cm³/mol. The minimum atomic E-state index is -3.58. The van der Waals surface area contributed by atoms with Gasteiger partial charge in [0.1, 0.15) is 0 Å². The maximum Gasteiger partial charge on any atom is 0.240 e. The standard InChI is InChI=1S/C13H18N2O4S2/c16-20(17)6-4-10(9-20)8-15-21(18,19)12-1-2-13-11(7-12)3-5-14-13/h1-2,7,10,14-15H,3-6,8-9H2. The smallest absolute Gasteiger partial charge is 0.240 e. The summed E-state index contributed by atoms with van der Waals surface area (Å²) in [5.74, 6) is 0.106. The number of benzene rings is 1. The van der Waals surface area contributed by atoms with Crippen molar-refractivity contribution in [1.82, 2.24) is 4.72 Å². The van der Waals surface area contributed by atoms with E-state index in [1.807, 2.05) is 0 Å². The molecule has 6 nitrogen and oxygen atoms in total. The van der Waals surface area contributed by atoms with Gasteiger partial charge in [0.15, 0.2) is 9.84 Å². The Morgan fingerprint density at radius 3 is 2.86 bits per heavy atom. The molecule has 116 valence electrons. The van der Waals surface area contributed by atoms with Crippen LogP contribution in [0.25, 0.3) is 0 Å². The second-order valence-electron chi connectivity index (χ2n) is 5.62. The molecule has 3 rings (SSSR count). The van der Waals surface area contributed by atoms with Crippen molar-refractivity contribution in [2.45, 2.75) is 17.7 Å². The number of fused-ring (bicyclic) bond motifs is 1. The van der Waals surface area contributed by atoms with Crippen LogP contribution in [0, 0.1) is 5.92 Å². The third-order valence-corrected chi connectivity index (χ3v) is 7.24. The Labute approximate surface area is 124 Å². The van der Waals surface area contributed by atoms with Gasteiger partial charge in [0, 0.05) is 18.8 Å². The van der Waals surface area contributed by atoms with Crippen LogP contribution in [-0.2, 0) is 26.3 Å². The Morgan fingerprint density at radius 2 is 2.14 bits per heavy atom. The molecule has 21 heavy (non-hydrogen) atoms. The van der Waals surface area contributed by atoms with Crippen molar-refractivity contribution in [3.63, 3.8) is 0 Å². The topological polar surface area (TPSA) is 92.3 Å². The highest BCUT2D eigenvalue weighted by Gasteiger charge is 2.29. The van der Waals surface area contributed by atoms with Crippen LogP contribution < -0.4 is 10.0 Å². The molecular weight excluding hydrogens is 312 g/mol. The number of hydrogen-bond donors (Lipinski definition) is 2. The Balaban J connectivity index is 1.70. The lowest BCUT2D eigenvalue weighted by Gasteiger charge is -2.11. The van der Waals surface area contributed by atoms with Crippen molar-refractivity contribution in [2.75, 3.05) is 29.9 Å². The summed E-state index contributed by atoms with van der Waals surface area (Å²) in [6.45, 7) is 1.00. The molecule has 0 amide bonds. The normalized spacial score (nSPS) is 23.7. The molecule has 0 aliphatic carbocycles. The quantitative estimate of drug-likeness (QED) is 0.832. The monoisotopic (exact) mass is 330 g/mol. The van der Waals surface area contributed by atoms with E-state index >= 15 is 0 Å². The average molecular weight is 330 g/mol. The average Bonchev–Trinajstić information content (AvgIpc) is 3.01. The fourth-order valence-electron chi connectivity index (χ4n) is 2.79. The van der Waals surface area contributed by atoms with E-state index in [2.05, 4.69) is 10.0 Å². The maximum absolute atomic E-state index is 12.3. The van der Waals surface area contributed by atoms with Crippen LogP contribution in [-0.4, -0.2) is 41.4 Å². The van der Waals surface area contributed by atoms with Crippen molar-refractivity contribution >= 4 is 25.5 Å². The first kappa shape index (κ1) is 14.8. The molecule has 1 unspecified atom stereocenters. The van der Waals surface area contributed by atoms with Crippen molar-refractivity contribution in [2.24, 2.45) is 5.92 Å². The lowest BCUT2D eigenvalue weighted by Crippen LogP contribution is -2.30. The molecule has 2 heterocycles. The lowest BCUT2D eigenvalue weighted by molar-refractivity contribution is 0.543. The third-order valence-electron chi connectivity index (χ3n) is 3.99. The van der Waals surface area contributed by atoms with Crippen LogP contribution in [0.1, 0.15) is 12.0 Å². The molecule has 2 N–H and O–H groups in total. The fourth-order valence-corrected chi connectivity index (χ4v) is 5.82. The van der Waals surface area contributed by atoms with Gasteiger partial charge < -0.3 is 5.32 Å². The van der Waals surface area contributed by atoms with Gasteiger partial charge in [-0.2, -0.15) is 0 Å². The van der Waals surface area contributed by atoms with E-state index < -0.39 is 19.9 Å². The van der Waals surface area contributed by atoms with Crippen molar-refractivity contribution in [1.29, 1.82) is 0 Å². The number of rotatable bonds is 4. The van der Waals surface area contributed by atoms with Gasteiger partial charge in [-0.15, -0.1) is 0 Å². The number of sulfonamides is 1. The molecule has 2 aliphatic rings. The molecule has 1 aromatic rings. The molecule has 0 bridgehead atoms. The van der Waals surface area contributed by atoms with Gasteiger partial charge >= 0.3 is 0 Å². The first-order valence-electron chi connectivity index (χ1n) is 6.93. The molecule has 0 spiro atoms. The highest BCUT2D eigenvalue weighted by molar-refractivity contribution is 7.91. The first-order valence-corrected chi connectivity index (χ1v) is 10.2. The van der Waals surface area contributed by atoms with Crippen LogP contribution in [0.5, 0.6) is 0 Å². The van der Waals surface area contributed by atoms with Crippen molar-refractivity contribution in [3.8, 4) is 0 Å². The minimum absolute atomic E-state index is 0.0730. The molecule has 0 saturated carbocycles. The molecule has 2 aliphatic heterocycles. The van der Waals surface area contributed by atoms with Crippen LogP contribution in [0.15, 0.2) is 23.1 Å². The molecule has 8 heteroatoms. The van der Waals surface area contributed by atoms with E-state index in [1.54, 1.807) is 18.2 Å². The Hall–Kier alpha value is -1.12. The van der Waals surface area contributed by atoms with Crippen molar-refractivity contribution in [3.05, 3.63) is 23.8 Å². The minimum Gasteiger partial charge on any atom is -0.384 e. The van der Waals surface area contributed by atoms with Gasteiger partial charge in [-0.1, -0.05) is 0 Å². The summed E-state index contributed by atoms with van der Waals surface area (Å²) in [4.78, 5) is 0.241. The molecule has 1 saturated heterocycles. The Bertz CT molecular complexity index is 756. The highest BCUT2D eigenvalue weighted by atomic mass is 32.2. The summed E-state index contributed by atoms with van der Waals surface area (Å²) in [5, 5.41) is 3.18.